The maximum Gasteiger partial charge on any atom is 0.390 e. The number of aliphatic imine (C=N–C) groups is 1. The fraction of sp³-hybridized carbons (Fsp3) is 0.611. The Morgan fingerprint density at radius 2 is 1.79 bits per heavy atom. The molecule has 0 spiro atoms. The highest BCUT2D eigenvalue weighted by Crippen LogP contribution is 2.32. The number of halogens is 3. The van der Waals surface area contributed by atoms with Crippen molar-refractivity contribution in [1.82, 2.24) is 10.6 Å². The fourth-order valence-electron chi connectivity index (χ4n) is 3.10. The van der Waals surface area contributed by atoms with E-state index in [0.29, 0.717) is 18.4 Å². The second-order valence-electron chi connectivity index (χ2n) is 6.23. The quantitative estimate of drug-likeness (QED) is 0.621. The lowest BCUT2D eigenvalue weighted by Gasteiger charge is -2.30. The molecule has 6 heteroatoms. The summed E-state index contributed by atoms with van der Waals surface area (Å²) in [6, 6.07) is 10.8. The predicted octanol–water partition coefficient (Wildman–Crippen LogP) is 4.22. The van der Waals surface area contributed by atoms with Gasteiger partial charge in [0.2, 0.25) is 0 Å². The smallest absolute Gasteiger partial charge is 0.357 e. The van der Waals surface area contributed by atoms with E-state index >= 15 is 0 Å². The summed E-state index contributed by atoms with van der Waals surface area (Å²) in [6.07, 6.45) is -0.862. The van der Waals surface area contributed by atoms with E-state index in [0.717, 1.165) is 25.7 Å². The third-order valence-corrected chi connectivity index (χ3v) is 4.35. The summed E-state index contributed by atoms with van der Waals surface area (Å²) >= 11 is 0. The van der Waals surface area contributed by atoms with E-state index in [2.05, 4.69) is 39.9 Å². The molecule has 0 radical (unpaired) electrons. The van der Waals surface area contributed by atoms with Crippen molar-refractivity contribution < 1.29 is 13.2 Å². The van der Waals surface area contributed by atoms with Gasteiger partial charge < -0.3 is 10.6 Å². The van der Waals surface area contributed by atoms with Gasteiger partial charge >= 0.3 is 6.18 Å². The highest BCUT2D eigenvalue weighted by molar-refractivity contribution is 5.80. The summed E-state index contributed by atoms with van der Waals surface area (Å²) in [5.74, 6) is 1.07. The van der Waals surface area contributed by atoms with Crippen molar-refractivity contribution in [3.63, 3.8) is 0 Å². The zero-order valence-corrected chi connectivity index (χ0v) is 14.1. The molecule has 0 aliphatic heterocycles. The lowest BCUT2D eigenvalue weighted by atomic mass is 9.82. The molecule has 0 saturated heterocycles. The molecule has 134 valence electrons. The highest BCUT2D eigenvalue weighted by Gasteiger charge is 2.26. The maximum atomic E-state index is 12.2. The van der Waals surface area contributed by atoms with Gasteiger partial charge in [0, 0.05) is 12.6 Å². The van der Waals surface area contributed by atoms with Crippen LogP contribution >= 0.6 is 0 Å². The second-order valence-corrected chi connectivity index (χ2v) is 6.23. The number of hydrogen-bond acceptors (Lipinski definition) is 1. The standard InChI is InChI=1S/C18H26F3N3/c1-2-22-17(23-13-12-18(19,20)21)24-16-10-8-15(9-11-16)14-6-4-3-5-7-14/h3-7,15-16H,2,8-13H2,1H3,(H2,22,23,24). The first-order valence-electron chi connectivity index (χ1n) is 8.64. The van der Waals surface area contributed by atoms with Gasteiger partial charge in [-0.3, -0.25) is 4.99 Å². The summed E-state index contributed by atoms with van der Waals surface area (Å²) in [7, 11) is 0. The molecule has 1 aromatic carbocycles. The third kappa shape index (κ3) is 6.42. The van der Waals surface area contributed by atoms with E-state index in [9.17, 15) is 13.2 Å². The lowest BCUT2D eigenvalue weighted by molar-refractivity contribution is -0.132. The van der Waals surface area contributed by atoms with Gasteiger partial charge in [0.25, 0.3) is 0 Å². The molecular weight excluding hydrogens is 315 g/mol. The van der Waals surface area contributed by atoms with Crippen LogP contribution in [0.5, 0.6) is 0 Å². The van der Waals surface area contributed by atoms with Crippen LogP contribution in [0.25, 0.3) is 0 Å². The van der Waals surface area contributed by atoms with Crippen molar-refractivity contribution in [2.45, 2.75) is 57.2 Å². The summed E-state index contributed by atoms with van der Waals surface area (Å²) in [5.41, 5.74) is 1.38. The second kappa shape index (κ2) is 8.94. The first-order valence-corrected chi connectivity index (χ1v) is 8.64. The molecular formula is C18H26F3N3. The Morgan fingerprint density at radius 1 is 1.12 bits per heavy atom. The molecule has 0 unspecified atom stereocenters. The van der Waals surface area contributed by atoms with Crippen molar-refractivity contribution in [3.05, 3.63) is 35.9 Å². The number of rotatable bonds is 5. The molecule has 0 atom stereocenters. The first kappa shape index (κ1) is 18.6. The number of benzene rings is 1. The average Bonchev–Trinajstić information content (AvgIpc) is 2.55. The van der Waals surface area contributed by atoms with Gasteiger partial charge in [-0.15, -0.1) is 0 Å². The lowest BCUT2D eigenvalue weighted by Crippen LogP contribution is -2.44. The van der Waals surface area contributed by atoms with Crippen LogP contribution in [0.2, 0.25) is 0 Å². The van der Waals surface area contributed by atoms with Crippen molar-refractivity contribution in [2.75, 3.05) is 13.1 Å². The van der Waals surface area contributed by atoms with Gasteiger partial charge in [0.05, 0.1) is 13.0 Å². The van der Waals surface area contributed by atoms with Gasteiger partial charge in [0.15, 0.2) is 5.96 Å². The molecule has 1 fully saturated rings. The summed E-state index contributed by atoms with van der Waals surface area (Å²) in [5, 5.41) is 6.32. The van der Waals surface area contributed by atoms with Gasteiger partial charge in [0.1, 0.15) is 0 Å². The third-order valence-electron chi connectivity index (χ3n) is 4.35. The minimum Gasteiger partial charge on any atom is -0.357 e. The van der Waals surface area contributed by atoms with Crippen LogP contribution in [-0.2, 0) is 0 Å². The number of guanidine groups is 1. The summed E-state index contributed by atoms with van der Waals surface area (Å²) < 4.78 is 36.7. The number of hydrogen-bond donors (Lipinski definition) is 2. The van der Waals surface area contributed by atoms with Crippen LogP contribution in [-0.4, -0.2) is 31.3 Å². The van der Waals surface area contributed by atoms with Crippen LogP contribution in [0.3, 0.4) is 0 Å². The highest BCUT2D eigenvalue weighted by atomic mass is 19.4. The van der Waals surface area contributed by atoms with Crippen LogP contribution in [0.15, 0.2) is 35.3 Å². The van der Waals surface area contributed by atoms with Gasteiger partial charge in [-0.2, -0.15) is 13.2 Å². The van der Waals surface area contributed by atoms with Crippen molar-refractivity contribution >= 4 is 5.96 Å². The number of nitrogens with zero attached hydrogens (tertiary/aromatic N) is 1. The fourth-order valence-corrected chi connectivity index (χ4v) is 3.10. The van der Waals surface area contributed by atoms with Gasteiger partial charge in [-0.05, 0) is 44.1 Å². The minimum absolute atomic E-state index is 0.238. The van der Waals surface area contributed by atoms with E-state index in [4.69, 9.17) is 0 Å². The maximum absolute atomic E-state index is 12.2. The zero-order chi connectivity index (χ0) is 17.4. The molecule has 1 aliphatic carbocycles. The van der Waals surface area contributed by atoms with Crippen LogP contribution in [0, 0.1) is 0 Å². The first-order chi connectivity index (χ1) is 11.5. The van der Waals surface area contributed by atoms with E-state index in [1.807, 2.05) is 13.0 Å². The molecule has 3 nitrogen and oxygen atoms in total. The Kier molecular flexibility index (Phi) is 6.94. The van der Waals surface area contributed by atoms with Crippen LogP contribution < -0.4 is 10.6 Å². The normalized spacial score (nSPS) is 22.2. The Balaban J connectivity index is 1.82. The Labute approximate surface area is 141 Å². The van der Waals surface area contributed by atoms with E-state index in [1.54, 1.807) is 0 Å². The molecule has 1 aliphatic rings. The topological polar surface area (TPSA) is 36.4 Å². The number of nitrogens with one attached hydrogen (secondary N) is 2. The van der Waals surface area contributed by atoms with Crippen molar-refractivity contribution in [3.8, 4) is 0 Å². The van der Waals surface area contributed by atoms with Crippen LogP contribution in [0.4, 0.5) is 13.2 Å². The molecule has 0 amide bonds. The molecule has 0 heterocycles. The monoisotopic (exact) mass is 341 g/mol. The average molecular weight is 341 g/mol. The van der Waals surface area contributed by atoms with Gasteiger partial charge in [-0.1, -0.05) is 30.3 Å². The van der Waals surface area contributed by atoms with Crippen molar-refractivity contribution in [1.29, 1.82) is 0 Å². The van der Waals surface area contributed by atoms with E-state index in [-0.39, 0.29) is 12.6 Å². The summed E-state index contributed by atoms with van der Waals surface area (Å²) in [4.78, 5) is 4.04. The molecule has 2 N–H and O–H groups in total. The molecule has 1 aromatic rings. The molecule has 24 heavy (non-hydrogen) atoms. The van der Waals surface area contributed by atoms with Gasteiger partial charge in [-0.25, -0.2) is 0 Å². The molecule has 1 saturated carbocycles. The van der Waals surface area contributed by atoms with Crippen LogP contribution in [0.1, 0.15) is 50.5 Å². The SMILES string of the molecule is CCNC(=NCCC(F)(F)F)NC1CCC(c2ccccc2)CC1. The number of alkyl halides is 3. The Bertz CT molecular complexity index is 506. The molecule has 2 rings (SSSR count). The minimum atomic E-state index is -4.16. The van der Waals surface area contributed by atoms with E-state index < -0.39 is 12.6 Å². The Hall–Kier alpha value is -1.72. The van der Waals surface area contributed by atoms with Crippen molar-refractivity contribution in [2.24, 2.45) is 4.99 Å². The largest absolute Gasteiger partial charge is 0.390 e. The Morgan fingerprint density at radius 3 is 2.38 bits per heavy atom. The summed E-state index contributed by atoms with van der Waals surface area (Å²) in [6.45, 7) is 2.31. The van der Waals surface area contributed by atoms with E-state index in [1.165, 1.54) is 5.56 Å². The zero-order valence-electron chi connectivity index (χ0n) is 14.1. The predicted molar refractivity (Wildman–Crippen MR) is 91.2 cm³/mol. The molecule has 0 bridgehead atoms. The molecule has 0 aromatic heterocycles.